The van der Waals surface area contributed by atoms with E-state index >= 15 is 0 Å². The van der Waals surface area contributed by atoms with E-state index in [0.717, 1.165) is 0 Å². The molecule has 1 rings (SSSR count). The first-order chi connectivity index (χ1) is 7.70. The van der Waals surface area contributed by atoms with Crippen molar-refractivity contribution in [1.82, 2.24) is 4.90 Å². The fourth-order valence-corrected chi connectivity index (χ4v) is 1.88. The third-order valence-electron chi connectivity index (χ3n) is 2.19. The zero-order valence-corrected chi connectivity index (χ0v) is 11.7. The molecular weight excluding hydrogens is 290 g/mol. The van der Waals surface area contributed by atoms with Crippen LogP contribution >= 0.6 is 15.9 Å². The molecule has 0 spiro atoms. The molecule has 1 N–H and O–H groups in total. The van der Waals surface area contributed by atoms with Crippen LogP contribution in [0.1, 0.15) is 27.2 Å². The number of carbonyl (C=O) groups excluding carboxylic acids is 1. The van der Waals surface area contributed by atoms with Crippen LogP contribution < -0.4 is 0 Å². The van der Waals surface area contributed by atoms with Crippen molar-refractivity contribution < 1.29 is 19.4 Å². The molecule has 6 heteroatoms. The second kappa shape index (κ2) is 5.08. The van der Waals surface area contributed by atoms with Gasteiger partial charge in [0.15, 0.2) is 0 Å². The molecule has 1 aliphatic rings. The minimum atomic E-state index is -1.01. The standard InChI is InChI=1S/C11H16BrNO4/c1-11(2,3)17-10(16)13-5-4-8(12)7(6-13)9(14)15/h4-6H2,1-3H3,(H,14,15). The Kier molecular flexibility index (Phi) is 4.19. The van der Waals surface area contributed by atoms with Gasteiger partial charge in [0.1, 0.15) is 5.60 Å². The lowest BCUT2D eigenvalue weighted by molar-refractivity contribution is -0.133. The molecule has 0 atom stereocenters. The summed E-state index contributed by atoms with van der Waals surface area (Å²) in [6.45, 7) is 5.87. The number of carboxylic acid groups (broad SMARTS) is 1. The van der Waals surface area contributed by atoms with Gasteiger partial charge < -0.3 is 14.7 Å². The number of hydrogen-bond acceptors (Lipinski definition) is 3. The van der Waals surface area contributed by atoms with E-state index in [1.807, 2.05) is 0 Å². The van der Waals surface area contributed by atoms with E-state index in [0.29, 0.717) is 17.4 Å². The van der Waals surface area contributed by atoms with Crippen LogP contribution in [0.2, 0.25) is 0 Å². The molecular formula is C11H16BrNO4. The monoisotopic (exact) mass is 305 g/mol. The Morgan fingerprint density at radius 3 is 2.47 bits per heavy atom. The number of nitrogens with zero attached hydrogens (tertiary/aromatic N) is 1. The van der Waals surface area contributed by atoms with Crippen LogP contribution in [-0.4, -0.2) is 40.8 Å². The molecule has 1 aliphatic heterocycles. The molecule has 0 fully saturated rings. The molecule has 0 unspecified atom stereocenters. The molecule has 0 saturated heterocycles. The third kappa shape index (κ3) is 4.03. The Morgan fingerprint density at radius 2 is 2.00 bits per heavy atom. The van der Waals surface area contributed by atoms with Gasteiger partial charge in [0.2, 0.25) is 0 Å². The van der Waals surface area contributed by atoms with Crippen LogP contribution in [0, 0.1) is 0 Å². The third-order valence-corrected chi connectivity index (χ3v) is 3.06. The first kappa shape index (κ1) is 14.0. The summed E-state index contributed by atoms with van der Waals surface area (Å²) in [6, 6.07) is 0. The highest BCUT2D eigenvalue weighted by molar-refractivity contribution is 9.11. The summed E-state index contributed by atoms with van der Waals surface area (Å²) in [5.74, 6) is -1.01. The van der Waals surface area contributed by atoms with E-state index in [-0.39, 0.29) is 12.1 Å². The summed E-state index contributed by atoms with van der Waals surface area (Å²) >= 11 is 3.21. The van der Waals surface area contributed by atoms with Crippen molar-refractivity contribution in [2.45, 2.75) is 32.8 Å². The summed E-state index contributed by atoms with van der Waals surface area (Å²) in [5, 5.41) is 8.97. The number of aliphatic carboxylic acids is 1. The van der Waals surface area contributed by atoms with Gasteiger partial charge in [-0.1, -0.05) is 15.9 Å². The van der Waals surface area contributed by atoms with Crippen molar-refractivity contribution in [3.63, 3.8) is 0 Å². The summed E-state index contributed by atoms with van der Waals surface area (Å²) in [6.07, 6.45) is 0.0252. The lowest BCUT2D eigenvalue weighted by atomic mass is 10.1. The summed E-state index contributed by atoms with van der Waals surface area (Å²) in [4.78, 5) is 24.1. The van der Waals surface area contributed by atoms with Crippen molar-refractivity contribution in [1.29, 1.82) is 0 Å². The molecule has 0 radical (unpaired) electrons. The normalized spacial score (nSPS) is 17.1. The maximum atomic E-state index is 11.8. The van der Waals surface area contributed by atoms with Crippen LogP contribution in [0.5, 0.6) is 0 Å². The smallest absolute Gasteiger partial charge is 0.410 e. The van der Waals surface area contributed by atoms with Crippen molar-refractivity contribution in [3.05, 3.63) is 10.1 Å². The van der Waals surface area contributed by atoms with Crippen molar-refractivity contribution in [2.75, 3.05) is 13.1 Å². The molecule has 0 bridgehead atoms. The zero-order valence-electron chi connectivity index (χ0n) is 10.1. The number of ether oxygens (including phenoxy) is 1. The predicted octanol–water partition coefficient (Wildman–Crippen LogP) is 2.36. The maximum absolute atomic E-state index is 11.8. The van der Waals surface area contributed by atoms with Gasteiger partial charge in [-0.05, 0) is 27.2 Å². The quantitative estimate of drug-likeness (QED) is 0.807. The molecule has 17 heavy (non-hydrogen) atoms. The fourth-order valence-electron chi connectivity index (χ4n) is 1.41. The summed E-state index contributed by atoms with van der Waals surface area (Å²) in [7, 11) is 0. The number of rotatable bonds is 1. The fraction of sp³-hybridized carbons (Fsp3) is 0.636. The van der Waals surface area contributed by atoms with E-state index in [2.05, 4.69) is 15.9 Å². The van der Waals surface area contributed by atoms with E-state index in [4.69, 9.17) is 9.84 Å². The van der Waals surface area contributed by atoms with Gasteiger partial charge in [-0.2, -0.15) is 0 Å². The molecule has 1 heterocycles. The molecule has 96 valence electrons. The van der Waals surface area contributed by atoms with E-state index in [1.165, 1.54) is 4.90 Å². The Morgan fingerprint density at radius 1 is 1.41 bits per heavy atom. The largest absolute Gasteiger partial charge is 0.478 e. The van der Waals surface area contributed by atoms with Gasteiger partial charge in [0.25, 0.3) is 0 Å². The minimum absolute atomic E-state index is 0.0742. The van der Waals surface area contributed by atoms with Crippen LogP contribution in [0.25, 0.3) is 0 Å². The molecule has 0 aromatic heterocycles. The van der Waals surface area contributed by atoms with Crippen molar-refractivity contribution in [3.8, 4) is 0 Å². The van der Waals surface area contributed by atoms with Gasteiger partial charge >= 0.3 is 12.1 Å². The number of hydrogen-bond donors (Lipinski definition) is 1. The summed E-state index contributed by atoms with van der Waals surface area (Å²) in [5.41, 5.74) is -0.360. The van der Waals surface area contributed by atoms with Crippen molar-refractivity contribution in [2.24, 2.45) is 0 Å². The van der Waals surface area contributed by atoms with E-state index in [1.54, 1.807) is 20.8 Å². The number of halogens is 1. The Labute approximate surface area is 109 Å². The van der Waals surface area contributed by atoms with E-state index < -0.39 is 17.7 Å². The molecule has 0 aromatic carbocycles. The highest BCUT2D eigenvalue weighted by atomic mass is 79.9. The SMILES string of the molecule is CC(C)(C)OC(=O)N1CCC(Br)=C(C(=O)O)C1. The number of carbonyl (C=O) groups is 2. The molecule has 1 amide bonds. The molecule has 0 aromatic rings. The Bertz CT molecular complexity index is 370. The van der Waals surface area contributed by atoms with Crippen LogP contribution in [0.3, 0.4) is 0 Å². The Balaban J connectivity index is 2.72. The highest BCUT2D eigenvalue weighted by Gasteiger charge is 2.28. The van der Waals surface area contributed by atoms with Crippen molar-refractivity contribution >= 4 is 28.0 Å². The average Bonchev–Trinajstić information content (AvgIpc) is 2.14. The first-order valence-corrected chi connectivity index (χ1v) is 6.09. The topological polar surface area (TPSA) is 66.8 Å². The van der Waals surface area contributed by atoms with Gasteiger partial charge in [0.05, 0.1) is 12.1 Å². The lowest BCUT2D eigenvalue weighted by Crippen LogP contribution is -2.41. The zero-order chi connectivity index (χ0) is 13.2. The highest BCUT2D eigenvalue weighted by Crippen LogP contribution is 2.24. The average molecular weight is 306 g/mol. The second-order valence-corrected chi connectivity index (χ2v) is 5.80. The number of amides is 1. The minimum Gasteiger partial charge on any atom is -0.478 e. The summed E-state index contributed by atoms with van der Waals surface area (Å²) < 4.78 is 5.84. The maximum Gasteiger partial charge on any atom is 0.410 e. The van der Waals surface area contributed by atoms with Crippen LogP contribution in [0.15, 0.2) is 10.1 Å². The molecule has 0 aliphatic carbocycles. The van der Waals surface area contributed by atoms with Gasteiger partial charge in [-0.3, -0.25) is 0 Å². The molecule has 0 saturated carbocycles. The number of carboxylic acids is 1. The second-order valence-electron chi connectivity index (χ2n) is 4.84. The van der Waals surface area contributed by atoms with E-state index in [9.17, 15) is 9.59 Å². The molecule has 5 nitrogen and oxygen atoms in total. The van der Waals surface area contributed by atoms with Crippen LogP contribution in [-0.2, 0) is 9.53 Å². The van der Waals surface area contributed by atoms with Gasteiger partial charge in [-0.15, -0.1) is 0 Å². The lowest BCUT2D eigenvalue weighted by Gasteiger charge is -2.30. The van der Waals surface area contributed by atoms with Crippen LogP contribution in [0.4, 0.5) is 4.79 Å². The Hall–Kier alpha value is -1.04. The predicted molar refractivity (Wildman–Crippen MR) is 66.0 cm³/mol. The first-order valence-electron chi connectivity index (χ1n) is 5.29. The van der Waals surface area contributed by atoms with Gasteiger partial charge in [0, 0.05) is 11.0 Å². The van der Waals surface area contributed by atoms with Gasteiger partial charge in [-0.25, -0.2) is 9.59 Å².